The van der Waals surface area contributed by atoms with Crippen molar-refractivity contribution in [3.8, 4) is 0 Å². The molecule has 0 saturated carbocycles. The smallest absolute Gasteiger partial charge is 0.338 e. The van der Waals surface area contributed by atoms with Gasteiger partial charge in [0.1, 0.15) is 0 Å². The summed E-state index contributed by atoms with van der Waals surface area (Å²) in [5.41, 5.74) is 1.58. The number of imide groups is 1. The van der Waals surface area contributed by atoms with Crippen molar-refractivity contribution >= 4 is 29.6 Å². The highest BCUT2D eigenvalue weighted by Crippen LogP contribution is 2.24. The van der Waals surface area contributed by atoms with Crippen molar-refractivity contribution in [2.75, 3.05) is 37.7 Å². The predicted octanol–water partition coefficient (Wildman–Crippen LogP) is 1.78. The monoisotopic (exact) mass is 485 g/mol. The number of piperazine rings is 1. The number of fused-ring (bicyclic) bond motifs is 1. The molecule has 36 heavy (non-hydrogen) atoms. The van der Waals surface area contributed by atoms with Gasteiger partial charge in [-0.15, -0.1) is 0 Å². The molecule has 1 aromatic heterocycles. The number of amides is 3. The van der Waals surface area contributed by atoms with Gasteiger partial charge >= 0.3 is 5.97 Å². The summed E-state index contributed by atoms with van der Waals surface area (Å²) in [7, 11) is 0. The van der Waals surface area contributed by atoms with E-state index in [4.69, 9.17) is 4.74 Å². The van der Waals surface area contributed by atoms with Gasteiger partial charge in [0.2, 0.25) is 5.95 Å². The Morgan fingerprint density at radius 2 is 1.50 bits per heavy atom. The van der Waals surface area contributed by atoms with Crippen LogP contribution in [0.3, 0.4) is 0 Å². The lowest BCUT2D eigenvalue weighted by Crippen LogP contribution is -2.50. The van der Waals surface area contributed by atoms with Crippen LogP contribution in [0.15, 0.2) is 67.0 Å². The van der Waals surface area contributed by atoms with Crippen molar-refractivity contribution in [1.29, 1.82) is 0 Å². The molecule has 2 aromatic carbocycles. The van der Waals surface area contributed by atoms with Crippen molar-refractivity contribution in [2.45, 2.75) is 6.54 Å². The van der Waals surface area contributed by atoms with Crippen LogP contribution in [-0.4, -0.2) is 76.2 Å². The van der Waals surface area contributed by atoms with Gasteiger partial charge in [0.25, 0.3) is 17.7 Å². The third kappa shape index (κ3) is 4.65. The first-order valence-corrected chi connectivity index (χ1v) is 11.5. The number of carbonyl (C=O) groups is 4. The van der Waals surface area contributed by atoms with Gasteiger partial charge in [-0.1, -0.05) is 24.3 Å². The van der Waals surface area contributed by atoms with Gasteiger partial charge in [-0.2, -0.15) is 0 Å². The number of anilines is 1. The molecule has 3 aromatic rings. The normalized spacial score (nSPS) is 15.2. The maximum absolute atomic E-state index is 12.6. The van der Waals surface area contributed by atoms with Gasteiger partial charge in [0.05, 0.1) is 23.2 Å². The van der Waals surface area contributed by atoms with Gasteiger partial charge in [-0.05, 0) is 35.9 Å². The van der Waals surface area contributed by atoms with Crippen LogP contribution in [0.25, 0.3) is 0 Å². The van der Waals surface area contributed by atoms with Crippen molar-refractivity contribution in [1.82, 2.24) is 19.8 Å². The predicted molar refractivity (Wildman–Crippen MR) is 128 cm³/mol. The molecule has 0 N–H and O–H groups in total. The minimum atomic E-state index is -0.649. The van der Waals surface area contributed by atoms with Crippen LogP contribution in [0.4, 0.5) is 5.95 Å². The van der Waals surface area contributed by atoms with Gasteiger partial charge in [0.15, 0.2) is 6.61 Å². The first-order chi connectivity index (χ1) is 17.5. The zero-order valence-corrected chi connectivity index (χ0v) is 19.4. The Kier molecular flexibility index (Phi) is 6.40. The van der Waals surface area contributed by atoms with E-state index in [9.17, 15) is 19.2 Å². The molecule has 5 rings (SSSR count). The largest absolute Gasteiger partial charge is 0.452 e. The third-order valence-electron chi connectivity index (χ3n) is 6.18. The molecule has 10 nitrogen and oxygen atoms in total. The molecule has 0 spiro atoms. The quantitative estimate of drug-likeness (QED) is 0.384. The topological polar surface area (TPSA) is 113 Å². The Balaban J connectivity index is 1.14. The second-order valence-electron chi connectivity index (χ2n) is 8.44. The number of hydrogen-bond acceptors (Lipinski definition) is 8. The molecule has 182 valence electrons. The molecule has 1 saturated heterocycles. The van der Waals surface area contributed by atoms with Gasteiger partial charge in [-0.25, -0.2) is 14.8 Å². The first-order valence-electron chi connectivity index (χ1n) is 11.5. The Morgan fingerprint density at radius 1 is 0.833 bits per heavy atom. The Morgan fingerprint density at radius 3 is 2.17 bits per heavy atom. The van der Waals surface area contributed by atoms with Crippen LogP contribution in [0, 0.1) is 0 Å². The minimum Gasteiger partial charge on any atom is -0.452 e. The molecule has 0 atom stereocenters. The fourth-order valence-corrected chi connectivity index (χ4v) is 4.27. The molecule has 10 heteroatoms. The summed E-state index contributed by atoms with van der Waals surface area (Å²) in [6.45, 7) is 1.78. The van der Waals surface area contributed by atoms with E-state index in [1.165, 1.54) is 0 Å². The van der Waals surface area contributed by atoms with Crippen LogP contribution in [-0.2, 0) is 16.1 Å². The Labute approximate surface area is 207 Å². The molecule has 3 heterocycles. The Bertz CT molecular complexity index is 1290. The zero-order valence-electron chi connectivity index (χ0n) is 19.4. The summed E-state index contributed by atoms with van der Waals surface area (Å²) in [5.74, 6) is -1.04. The lowest BCUT2D eigenvalue weighted by Gasteiger charge is -2.34. The number of rotatable bonds is 6. The van der Waals surface area contributed by atoms with Crippen LogP contribution in [0.1, 0.15) is 36.6 Å². The molecule has 0 bridgehead atoms. The van der Waals surface area contributed by atoms with E-state index in [1.807, 2.05) is 4.90 Å². The van der Waals surface area contributed by atoms with Crippen molar-refractivity contribution < 1.29 is 23.9 Å². The maximum atomic E-state index is 12.6. The molecule has 1 fully saturated rings. The molecule has 0 aliphatic carbocycles. The van der Waals surface area contributed by atoms with Crippen LogP contribution < -0.4 is 4.90 Å². The average Bonchev–Trinajstić information content (AvgIpc) is 3.17. The van der Waals surface area contributed by atoms with E-state index in [-0.39, 0.29) is 36.4 Å². The summed E-state index contributed by atoms with van der Waals surface area (Å²) in [6.07, 6.45) is 3.35. The molecule has 0 radical (unpaired) electrons. The summed E-state index contributed by atoms with van der Waals surface area (Å²) >= 11 is 0. The highest BCUT2D eigenvalue weighted by molar-refractivity contribution is 6.21. The molecule has 2 aliphatic rings. The molecule has 0 unspecified atom stereocenters. The summed E-state index contributed by atoms with van der Waals surface area (Å²) < 4.78 is 5.26. The van der Waals surface area contributed by atoms with E-state index in [0.29, 0.717) is 48.8 Å². The van der Waals surface area contributed by atoms with Crippen molar-refractivity contribution in [3.63, 3.8) is 0 Å². The highest BCUT2D eigenvalue weighted by atomic mass is 16.5. The van der Waals surface area contributed by atoms with Gasteiger partial charge in [-0.3, -0.25) is 19.3 Å². The van der Waals surface area contributed by atoms with Gasteiger partial charge < -0.3 is 14.5 Å². The summed E-state index contributed by atoms with van der Waals surface area (Å²) in [5, 5.41) is 0. The van der Waals surface area contributed by atoms with Crippen molar-refractivity contribution in [3.05, 3.63) is 89.2 Å². The average molecular weight is 486 g/mol. The van der Waals surface area contributed by atoms with E-state index in [0.717, 1.165) is 4.90 Å². The van der Waals surface area contributed by atoms with E-state index in [2.05, 4.69) is 9.97 Å². The van der Waals surface area contributed by atoms with E-state index < -0.39 is 5.97 Å². The van der Waals surface area contributed by atoms with Crippen LogP contribution >= 0.6 is 0 Å². The van der Waals surface area contributed by atoms with E-state index in [1.54, 1.807) is 71.9 Å². The second-order valence-corrected chi connectivity index (χ2v) is 8.44. The first kappa shape index (κ1) is 23.2. The van der Waals surface area contributed by atoms with Crippen LogP contribution in [0.5, 0.6) is 0 Å². The van der Waals surface area contributed by atoms with Gasteiger partial charge in [0, 0.05) is 38.6 Å². The lowest BCUT2D eigenvalue weighted by molar-refractivity contribution is -0.134. The maximum Gasteiger partial charge on any atom is 0.338 e. The minimum absolute atomic E-state index is 0.0296. The standard InChI is InChI=1S/C26H23N5O5/c32-22(29-11-13-30(14-12-29)26-27-9-4-10-28-26)17-36-25(35)19-6-3-5-18(15-19)16-31-23(33)20-7-1-2-8-21(20)24(31)34/h1-10,15H,11-14,16-17H2. The van der Waals surface area contributed by atoms with E-state index >= 15 is 0 Å². The second kappa shape index (κ2) is 9.95. The summed E-state index contributed by atoms with van der Waals surface area (Å²) in [6, 6.07) is 14.9. The fourth-order valence-electron chi connectivity index (χ4n) is 4.27. The number of carbonyl (C=O) groups excluding carboxylic acids is 4. The highest BCUT2D eigenvalue weighted by Gasteiger charge is 2.35. The zero-order chi connectivity index (χ0) is 25.1. The SMILES string of the molecule is O=C(OCC(=O)N1CCN(c2ncccn2)CC1)c1cccc(CN2C(=O)c3ccccc3C2=O)c1. The number of nitrogens with zero attached hydrogens (tertiary/aromatic N) is 5. The third-order valence-corrected chi connectivity index (χ3v) is 6.18. The number of esters is 1. The number of aromatic nitrogens is 2. The molecule has 3 amide bonds. The van der Waals surface area contributed by atoms with Crippen LogP contribution in [0.2, 0.25) is 0 Å². The lowest BCUT2D eigenvalue weighted by atomic mass is 10.1. The van der Waals surface area contributed by atoms with Crippen molar-refractivity contribution in [2.24, 2.45) is 0 Å². The molecular formula is C26H23N5O5. The number of benzene rings is 2. The number of ether oxygens (including phenoxy) is 1. The fraction of sp³-hybridized carbons (Fsp3) is 0.231. The molecular weight excluding hydrogens is 462 g/mol. The number of hydrogen-bond donors (Lipinski definition) is 0. The Hall–Kier alpha value is -4.60. The summed E-state index contributed by atoms with van der Waals surface area (Å²) in [4.78, 5) is 63.7. The molecule has 2 aliphatic heterocycles.